The number of ether oxygens (including phenoxy) is 2. The van der Waals surface area contributed by atoms with Crippen molar-refractivity contribution in [2.24, 2.45) is 14.1 Å². The molecule has 2 aliphatic rings. The van der Waals surface area contributed by atoms with Gasteiger partial charge in [0.1, 0.15) is 29.5 Å². The summed E-state index contributed by atoms with van der Waals surface area (Å²) in [6.07, 6.45) is 5.33. The quantitative estimate of drug-likeness (QED) is 0.422. The molecule has 1 aliphatic heterocycles. The van der Waals surface area contributed by atoms with Crippen molar-refractivity contribution in [3.05, 3.63) is 44.9 Å². The highest BCUT2D eigenvalue weighted by Crippen LogP contribution is 2.34. The van der Waals surface area contributed by atoms with E-state index in [-0.39, 0.29) is 23.0 Å². The van der Waals surface area contributed by atoms with Gasteiger partial charge in [0.15, 0.2) is 17.1 Å². The Morgan fingerprint density at radius 3 is 2.57 bits per heavy atom. The molecule has 184 valence electrons. The molecule has 0 radical (unpaired) electrons. The van der Waals surface area contributed by atoms with E-state index in [4.69, 9.17) is 14.5 Å². The zero-order chi connectivity index (χ0) is 24.5. The van der Waals surface area contributed by atoms with E-state index in [0.717, 1.165) is 30.3 Å². The molecule has 35 heavy (non-hydrogen) atoms. The van der Waals surface area contributed by atoms with E-state index in [1.807, 2.05) is 0 Å². The number of benzene rings is 1. The second-order valence-corrected chi connectivity index (χ2v) is 9.79. The average Bonchev–Trinajstić information content (AvgIpc) is 2.89. The number of aryl methyl sites for hydroxylation is 1. The molecule has 1 aliphatic carbocycles. The van der Waals surface area contributed by atoms with Crippen LogP contribution in [0.1, 0.15) is 43.8 Å². The standard InChI is InChI=1S/C24H27N5O5S/c1-28-21-19(23(31)29(2)24(28)32)22(27-20(26-21)14-6-4-3-5-7-14)35-13-18(30)25-15-8-9-16-17(12-15)34-11-10-33-16/h8-9,12,14H,3-7,10-11,13H2,1-2H3,(H,25,30). The van der Waals surface area contributed by atoms with Gasteiger partial charge in [0.2, 0.25) is 5.91 Å². The van der Waals surface area contributed by atoms with E-state index in [0.29, 0.717) is 46.9 Å². The lowest BCUT2D eigenvalue weighted by Gasteiger charge is -2.21. The van der Waals surface area contributed by atoms with Gasteiger partial charge in [-0.1, -0.05) is 31.0 Å². The van der Waals surface area contributed by atoms with Crippen molar-refractivity contribution in [3.63, 3.8) is 0 Å². The molecule has 1 aromatic carbocycles. The first kappa shape index (κ1) is 23.4. The molecule has 1 saturated carbocycles. The van der Waals surface area contributed by atoms with Gasteiger partial charge < -0.3 is 14.8 Å². The number of amides is 1. The molecule has 5 rings (SSSR count). The fourth-order valence-electron chi connectivity index (χ4n) is 4.54. The summed E-state index contributed by atoms with van der Waals surface area (Å²) in [4.78, 5) is 47.7. The van der Waals surface area contributed by atoms with E-state index in [1.54, 1.807) is 25.2 Å². The summed E-state index contributed by atoms with van der Waals surface area (Å²) in [6, 6.07) is 5.24. The van der Waals surface area contributed by atoms with Crippen molar-refractivity contribution in [2.45, 2.75) is 43.0 Å². The Hall–Kier alpha value is -3.34. The molecular formula is C24H27N5O5S. The lowest BCUT2D eigenvalue weighted by atomic mass is 9.89. The Morgan fingerprint density at radius 2 is 1.80 bits per heavy atom. The highest BCUT2D eigenvalue weighted by atomic mass is 32.2. The van der Waals surface area contributed by atoms with Gasteiger partial charge in [-0.15, -0.1) is 0 Å². The number of rotatable bonds is 5. The summed E-state index contributed by atoms with van der Waals surface area (Å²) in [5, 5.41) is 3.53. The zero-order valence-electron chi connectivity index (χ0n) is 19.7. The number of thioether (sulfide) groups is 1. The van der Waals surface area contributed by atoms with Crippen LogP contribution in [0.15, 0.2) is 32.8 Å². The van der Waals surface area contributed by atoms with E-state index < -0.39 is 11.2 Å². The summed E-state index contributed by atoms with van der Waals surface area (Å²) in [6.45, 7) is 0.956. The molecule has 0 spiro atoms. The minimum absolute atomic E-state index is 0.0384. The van der Waals surface area contributed by atoms with Crippen molar-refractivity contribution in [1.82, 2.24) is 19.1 Å². The fourth-order valence-corrected chi connectivity index (χ4v) is 5.37. The van der Waals surface area contributed by atoms with Crippen LogP contribution in [0.25, 0.3) is 11.0 Å². The number of nitrogens with one attached hydrogen (secondary N) is 1. The number of aromatic nitrogens is 4. The molecule has 0 bridgehead atoms. The van der Waals surface area contributed by atoms with Crippen LogP contribution in [-0.2, 0) is 18.9 Å². The van der Waals surface area contributed by atoms with Crippen molar-refractivity contribution < 1.29 is 14.3 Å². The van der Waals surface area contributed by atoms with E-state index in [2.05, 4.69) is 10.3 Å². The van der Waals surface area contributed by atoms with Gasteiger partial charge in [0.05, 0.1) is 5.75 Å². The van der Waals surface area contributed by atoms with Crippen molar-refractivity contribution >= 4 is 34.4 Å². The van der Waals surface area contributed by atoms with Crippen LogP contribution in [0, 0.1) is 0 Å². The van der Waals surface area contributed by atoms with Crippen molar-refractivity contribution in [1.29, 1.82) is 0 Å². The molecule has 10 nitrogen and oxygen atoms in total. The van der Waals surface area contributed by atoms with E-state index >= 15 is 0 Å². The number of anilines is 1. The highest BCUT2D eigenvalue weighted by Gasteiger charge is 2.24. The van der Waals surface area contributed by atoms with Crippen LogP contribution in [-0.4, -0.2) is 44.0 Å². The monoisotopic (exact) mass is 497 g/mol. The molecule has 1 amide bonds. The molecule has 3 heterocycles. The largest absolute Gasteiger partial charge is 0.486 e. The van der Waals surface area contributed by atoms with Gasteiger partial charge in [0, 0.05) is 31.8 Å². The van der Waals surface area contributed by atoms with Gasteiger partial charge >= 0.3 is 5.69 Å². The topological polar surface area (TPSA) is 117 Å². The SMILES string of the molecule is Cn1c(=O)c2c(SCC(=O)Nc3ccc4c(c3)OCCO4)nc(C3CCCCC3)nc2n(C)c1=O. The summed E-state index contributed by atoms with van der Waals surface area (Å²) in [5.74, 6) is 1.84. The van der Waals surface area contributed by atoms with Crippen LogP contribution in [0.4, 0.5) is 5.69 Å². The highest BCUT2D eigenvalue weighted by molar-refractivity contribution is 8.00. The third-order valence-corrected chi connectivity index (χ3v) is 7.40. The second-order valence-electron chi connectivity index (χ2n) is 8.82. The molecule has 11 heteroatoms. The normalized spacial score (nSPS) is 15.8. The van der Waals surface area contributed by atoms with Crippen LogP contribution in [0.3, 0.4) is 0 Å². The van der Waals surface area contributed by atoms with E-state index in [9.17, 15) is 14.4 Å². The lowest BCUT2D eigenvalue weighted by Crippen LogP contribution is -2.38. The van der Waals surface area contributed by atoms with Crippen molar-refractivity contribution in [3.8, 4) is 11.5 Å². The Labute approximate surface area is 205 Å². The number of carbonyl (C=O) groups excluding carboxylic acids is 1. The number of hydrogen-bond acceptors (Lipinski definition) is 8. The Balaban J connectivity index is 1.44. The molecule has 2 aromatic heterocycles. The Morgan fingerprint density at radius 1 is 1.06 bits per heavy atom. The second kappa shape index (κ2) is 9.73. The first-order chi connectivity index (χ1) is 16.9. The molecule has 0 unspecified atom stereocenters. The molecular weight excluding hydrogens is 470 g/mol. The maximum atomic E-state index is 13.0. The lowest BCUT2D eigenvalue weighted by molar-refractivity contribution is -0.113. The zero-order valence-corrected chi connectivity index (χ0v) is 20.5. The summed E-state index contributed by atoms with van der Waals surface area (Å²) >= 11 is 1.17. The Kier molecular flexibility index (Phi) is 6.50. The van der Waals surface area contributed by atoms with E-state index in [1.165, 1.54) is 29.8 Å². The number of nitrogens with zero attached hydrogens (tertiary/aromatic N) is 4. The van der Waals surface area contributed by atoms with Gasteiger partial charge in [-0.2, -0.15) is 0 Å². The van der Waals surface area contributed by atoms with Crippen LogP contribution >= 0.6 is 11.8 Å². The van der Waals surface area contributed by atoms with Crippen LogP contribution in [0.2, 0.25) is 0 Å². The van der Waals surface area contributed by atoms with Gasteiger partial charge in [0.25, 0.3) is 5.56 Å². The van der Waals surface area contributed by atoms with Gasteiger partial charge in [-0.05, 0) is 25.0 Å². The first-order valence-corrected chi connectivity index (χ1v) is 12.7. The van der Waals surface area contributed by atoms with Crippen LogP contribution in [0.5, 0.6) is 11.5 Å². The summed E-state index contributed by atoms with van der Waals surface area (Å²) in [5.41, 5.74) is -0.00634. The fraction of sp³-hybridized carbons (Fsp3) is 0.458. The minimum atomic E-state index is -0.465. The third-order valence-electron chi connectivity index (χ3n) is 6.42. The van der Waals surface area contributed by atoms with Crippen LogP contribution < -0.4 is 26.0 Å². The minimum Gasteiger partial charge on any atom is -0.486 e. The smallest absolute Gasteiger partial charge is 0.332 e. The summed E-state index contributed by atoms with van der Waals surface area (Å²) < 4.78 is 13.5. The molecule has 0 saturated heterocycles. The number of fused-ring (bicyclic) bond motifs is 2. The molecule has 1 N–H and O–H groups in total. The number of hydrogen-bond donors (Lipinski definition) is 1. The third kappa shape index (κ3) is 4.64. The first-order valence-electron chi connectivity index (χ1n) is 11.7. The Bertz CT molecular complexity index is 1410. The molecule has 0 atom stereocenters. The predicted octanol–water partition coefficient (Wildman–Crippen LogP) is 2.58. The summed E-state index contributed by atoms with van der Waals surface area (Å²) in [7, 11) is 3.03. The average molecular weight is 498 g/mol. The molecule has 1 fully saturated rings. The predicted molar refractivity (Wildman–Crippen MR) is 133 cm³/mol. The maximum Gasteiger partial charge on any atom is 0.332 e. The van der Waals surface area contributed by atoms with Gasteiger partial charge in [-0.3, -0.25) is 18.7 Å². The maximum absolute atomic E-state index is 13.0. The number of carbonyl (C=O) groups is 1. The molecule has 3 aromatic rings. The van der Waals surface area contributed by atoms with Gasteiger partial charge in [-0.25, -0.2) is 14.8 Å². The van der Waals surface area contributed by atoms with Crippen molar-refractivity contribution in [2.75, 3.05) is 24.3 Å².